The van der Waals surface area contributed by atoms with Crippen molar-refractivity contribution in [2.75, 3.05) is 13.2 Å². The first kappa shape index (κ1) is 23.2. The summed E-state index contributed by atoms with van der Waals surface area (Å²) in [4.78, 5) is 31.6. The van der Waals surface area contributed by atoms with Crippen LogP contribution < -0.4 is 4.74 Å². The van der Waals surface area contributed by atoms with E-state index in [1.807, 2.05) is 17.7 Å². The molecule has 0 bridgehead atoms. The molecule has 1 amide bonds. The number of benzene rings is 2. The number of nitrogens with zero attached hydrogens (tertiary/aromatic N) is 3. The summed E-state index contributed by atoms with van der Waals surface area (Å²) in [5, 5.41) is 11.0. The summed E-state index contributed by atoms with van der Waals surface area (Å²) in [6.07, 6.45) is 6.66. The largest absolute Gasteiger partial charge is 0.507 e. The fourth-order valence-electron chi connectivity index (χ4n) is 4.03. The minimum Gasteiger partial charge on any atom is -0.507 e. The van der Waals surface area contributed by atoms with Gasteiger partial charge in [-0.1, -0.05) is 19.1 Å². The molecule has 1 unspecified atom stereocenters. The van der Waals surface area contributed by atoms with Crippen molar-refractivity contribution in [1.29, 1.82) is 0 Å². The third-order valence-corrected chi connectivity index (χ3v) is 5.70. The Morgan fingerprint density at radius 1 is 1.09 bits per heavy atom. The van der Waals surface area contributed by atoms with E-state index in [4.69, 9.17) is 4.74 Å². The molecule has 0 spiro atoms. The zero-order valence-corrected chi connectivity index (χ0v) is 18.9. The van der Waals surface area contributed by atoms with Crippen LogP contribution in [0.25, 0.3) is 5.76 Å². The lowest BCUT2D eigenvalue weighted by Crippen LogP contribution is -2.31. The zero-order chi connectivity index (χ0) is 24.1. The number of amides is 1. The Hall–Kier alpha value is -3.94. The summed E-state index contributed by atoms with van der Waals surface area (Å²) >= 11 is 0. The molecule has 1 aliphatic rings. The summed E-state index contributed by atoms with van der Waals surface area (Å²) < 4.78 is 20.9. The van der Waals surface area contributed by atoms with E-state index in [1.54, 1.807) is 36.8 Å². The topological polar surface area (TPSA) is 84.7 Å². The van der Waals surface area contributed by atoms with E-state index in [0.29, 0.717) is 37.4 Å². The molecular formula is C26H26FN3O4. The molecular weight excluding hydrogens is 437 g/mol. The Morgan fingerprint density at radius 3 is 2.47 bits per heavy atom. The van der Waals surface area contributed by atoms with Crippen molar-refractivity contribution in [2.24, 2.45) is 0 Å². The molecule has 7 nitrogen and oxygen atoms in total. The second kappa shape index (κ2) is 10.3. The molecule has 2 heterocycles. The summed E-state index contributed by atoms with van der Waals surface area (Å²) in [5.74, 6) is -1.55. The third kappa shape index (κ3) is 4.85. The van der Waals surface area contributed by atoms with Crippen LogP contribution >= 0.6 is 0 Å². The molecule has 3 aromatic rings. The molecule has 34 heavy (non-hydrogen) atoms. The van der Waals surface area contributed by atoms with Crippen LogP contribution in [0.2, 0.25) is 0 Å². The van der Waals surface area contributed by atoms with E-state index in [0.717, 1.165) is 6.42 Å². The van der Waals surface area contributed by atoms with Gasteiger partial charge in [0.25, 0.3) is 11.7 Å². The van der Waals surface area contributed by atoms with Crippen LogP contribution in [0.5, 0.6) is 5.75 Å². The van der Waals surface area contributed by atoms with Gasteiger partial charge in [-0.2, -0.15) is 0 Å². The summed E-state index contributed by atoms with van der Waals surface area (Å²) in [5.41, 5.74) is 0.932. The molecule has 1 aliphatic heterocycles. The number of carbonyl (C=O) groups is 2. The van der Waals surface area contributed by atoms with Crippen LogP contribution in [0.3, 0.4) is 0 Å². The van der Waals surface area contributed by atoms with Crippen molar-refractivity contribution in [3.63, 3.8) is 0 Å². The van der Waals surface area contributed by atoms with Crippen LogP contribution in [0.1, 0.15) is 36.9 Å². The van der Waals surface area contributed by atoms with Crippen LogP contribution in [0, 0.1) is 5.82 Å². The third-order valence-electron chi connectivity index (χ3n) is 5.70. The minimum absolute atomic E-state index is 0.0125. The quantitative estimate of drug-likeness (QED) is 0.290. The Labute approximate surface area is 197 Å². The first-order valence-electron chi connectivity index (χ1n) is 11.2. The number of likely N-dealkylation sites (tertiary alicyclic amines) is 1. The minimum atomic E-state index is -0.770. The Bertz CT molecular complexity index is 1170. The Kier molecular flexibility index (Phi) is 7.06. The van der Waals surface area contributed by atoms with Crippen molar-refractivity contribution in [3.8, 4) is 5.75 Å². The summed E-state index contributed by atoms with van der Waals surface area (Å²) in [6.45, 7) is 3.52. The number of aliphatic hydroxyl groups is 1. The highest BCUT2D eigenvalue weighted by molar-refractivity contribution is 6.46. The van der Waals surface area contributed by atoms with Gasteiger partial charge in [0.05, 0.1) is 24.5 Å². The number of ketones is 1. The van der Waals surface area contributed by atoms with Crippen molar-refractivity contribution in [3.05, 3.63) is 89.8 Å². The van der Waals surface area contributed by atoms with Gasteiger partial charge in [0.15, 0.2) is 0 Å². The summed E-state index contributed by atoms with van der Waals surface area (Å²) in [6, 6.07) is 11.6. The average Bonchev–Trinajstić information content (AvgIpc) is 3.45. The van der Waals surface area contributed by atoms with Crippen LogP contribution in [0.4, 0.5) is 4.39 Å². The van der Waals surface area contributed by atoms with Crippen LogP contribution in [-0.2, 0) is 16.1 Å². The fourth-order valence-corrected chi connectivity index (χ4v) is 4.03. The smallest absolute Gasteiger partial charge is 0.295 e. The number of hydrogen-bond donors (Lipinski definition) is 1. The Balaban J connectivity index is 1.69. The van der Waals surface area contributed by atoms with Gasteiger partial charge in [0, 0.05) is 31.0 Å². The van der Waals surface area contributed by atoms with Crippen molar-refractivity contribution in [1.82, 2.24) is 14.5 Å². The number of aryl methyl sites for hydroxylation is 1. The molecule has 1 aromatic heterocycles. The number of hydrogen-bond acceptors (Lipinski definition) is 5. The van der Waals surface area contributed by atoms with Gasteiger partial charge in [-0.05, 0) is 54.8 Å². The highest BCUT2D eigenvalue weighted by atomic mass is 19.1. The highest BCUT2D eigenvalue weighted by Gasteiger charge is 2.45. The van der Waals surface area contributed by atoms with Gasteiger partial charge in [-0.15, -0.1) is 0 Å². The number of rotatable bonds is 9. The van der Waals surface area contributed by atoms with Gasteiger partial charge in [0.1, 0.15) is 17.3 Å². The maximum atomic E-state index is 13.4. The second-order valence-electron chi connectivity index (χ2n) is 8.07. The van der Waals surface area contributed by atoms with E-state index in [-0.39, 0.29) is 16.9 Å². The van der Waals surface area contributed by atoms with Crippen molar-refractivity contribution < 1.29 is 23.8 Å². The molecule has 1 atom stereocenters. The molecule has 1 saturated heterocycles. The van der Waals surface area contributed by atoms with Crippen molar-refractivity contribution >= 4 is 17.4 Å². The molecule has 0 radical (unpaired) electrons. The number of imidazole rings is 1. The number of aromatic nitrogens is 2. The van der Waals surface area contributed by atoms with E-state index >= 15 is 0 Å². The van der Waals surface area contributed by atoms with Gasteiger partial charge in [-0.25, -0.2) is 9.37 Å². The predicted octanol–water partition coefficient (Wildman–Crippen LogP) is 4.32. The predicted molar refractivity (Wildman–Crippen MR) is 124 cm³/mol. The maximum Gasteiger partial charge on any atom is 0.295 e. The maximum absolute atomic E-state index is 13.4. The van der Waals surface area contributed by atoms with Gasteiger partial charge in [-0.3, -0.25) is 9.59 Å². The first-order chi connectivity index (χ1) is 16.5. The lowest BCUT2D eigenvalue weighted by molar-refractivity contribution is -0.139. The van der Waals surface area contributed by atoms with Gasteiger partial charge < -0.3 is 19.3 Å². The molecule has 8 heteroatoms. The zero-order valence-electron chi connectivity index (χ0n) is 18.9. The van der Waals surface area contributed by atoms with Crippen LogP contribution in [-0.4, -0.2) is 44.4 Å². The highest BCUT2D eigenvalue weighted by Crippen LogP contribution is 2.40. The molecule has 0 aliphatic carbocycles. The number of ether oxygens (including phenoxy) is 1. The number of carbonyl (C=O) groups excluding carboxylic acids is 2. The van der Waals surface area contributed by atoms with E-state index < -0.39 is 23.5 Å². The molecule has 176 valence electrons. The average molecular weight is 464 g/mol. The normalized spacial score (nSPS) is 17.4. The van der Waals surface area contributed by atoms with E-state index in [9.17, 15) is 19.1 Å². The molecule has 4 rings (SSSR count). The second-order valence-corrected chi connectivity index (χ2v) is 8.07. The molecule has 0 saturated carbocycles. The van der Waals surface area contributed by atoms with E-state index in [1.165, 1.54) is 29.2 Å². The standard InChI is InChI=1S/C26H26FN3O4/c1-2-16-34-21-10-6-18(7-11-21)23-22(24(31)19-4-8-20(27)9-5-19)25(32)26(33)30(23)14-3-13-29-15-12-28-17-29/h4-12,15,17,23,31H,2-3,13-14,16H2,1H3. The summed E-state index contributed by atoms with van der Waals surface area (Å²) in [7, 11) is 0. The number of Topliss-reactive ketones (excluding diaryl/α,β-unsaturated/α-hetero) is 1. The molecule has 2 aromatic carbocycles. The monoisotopic (exact) mass is 463 g/mol. The van der Waals surface area contributed by atoms with Crippen molar-refractivity contribution in [2.45, 2.75) is 32.4 Å². The SMILES string of the molecule is CCCOc1ccc(C2C(=C(O)c3ccc(F)cc3)C(=O)C(=O)N2CCCn2ccnc2)cc1. The fraction of sp³-hybridized carbons (Fsp3) is 0.269. The molecule has 1 N–H and O–H groups in total. The van der Waals surface area contributed by atoms with Crippen LogP contribution in [0.15, 0.2) is 72.8 Å². The lowest BCUT2D eigenvalue weighted by atomic mass is 9.95. The van der Waals surface area contributed by atoms with Gasteiger partial charge >= 0.3 is 0 Å². The first-order valence-corrected chi connectivity index (χ1v) is 11.2. The number of halogens is 1. The number of aliphatic hydroxyl groups excluding tert-OH is 1. The van der Waals surface area contributed by atoms with Gasteiger partial charge in [0.2, 0.25) is 0 Å². The lowest BCUT2D eigenvalue weighted by Gasteiger charge is -2.25. The molecule has 1 fully saturated rings. The Morgan fingerprint density at radius 2 is 1.82 bits per heavy atom. The van der Waals surface area contributed by atoms with E-state index in [2.05, 4.69) is 4.98 Å².